The van der Waals surface area contributed by atoms with Gasteiger partial charge in [-0.2, -0.15) is 31.4 Å². The maximum absolute atomic E-state index is 13.5. The van der Waals surface area contributed by atoms with E-state index in [1.807, 2.05) is 0 Å². The lowest BCUT2D eigenvalue weighted by Gasteiger charge is -2.24. The molecule has 1 amide bonds. The largest absolute Gasteiger partial charge is 0.507 e. The van der Waals surface area contributed by atoms with Crippen molar-refractivity contribution in [1.82, 2.24) is 9.78 Å². The number of benzene rings is 3. The molecule has 1 aromatic heterocycles. The van der Waals surface area contributed by atoms with Crippen molar-refractivity contribution in [3.63, 3.8) is 0 Å². The molecular weight excluding hydrogens is 571 g/mol. The molecule has 0 bridgehead atoms. The first-order valence-corrected chi connectivity index (χ1v) is 11.8. The quantitative estimate of drug-likeness (QED) is 0.241. The van der Waals surface area contributed by atoms with Crippen LogP contribution in [0, 0.1) is 0 Å². The third-order valence-electron chi connectivity index (χ3n) is 5.76. The molecule has 3 aromatic carbocycles. The van der Waals surface area contributed by atoms with Crippen LogP contribution < -0.4 is 4.90 Å². The zero-order valence-electron chi connectivity index (χ0n) is 19.8. The van der Waals surface area contributed by atoms with Crippen LogP contribution in [0.1, 0.15) is 27.2 Å². The molecule has 1 N–H and O–H groups in total. The van der Waals surface area contributed by atoms with Gasteiger partial charge in [0.05, 0.1) is 22.8 Å². The van der Waals surface area contributed by atoms with E-state index in [2.05, 4.69) is 5.10 Å². The van der Waals surface area contributed by atoms with Crippen molar-refractivity contribution in [2.24, 2.45) is 7.05 Å². The van der Waals surface area contributed by atoms with E-state index in [0.717, 1.165) is 28.9 Å². The summed E-state index contributed by atoms with van der Waals surface area (Å²) in [5.74, 6) is -1.20. The highest BCUT2D eigenvalue weighted by Gasteiger charge is 2.35. The van der Waals surface area contributed by atoms with Crippen LogP contribution in [0.4, 0.5) is 32.0 Å². The van der Waals surface area contributed by atoms with E-state index in [1.165, 1.54) is 24.1 Å². The van der Waals surface area contributed by atoms with Crippen LogP contribution in [0.15, 0.2) is 66.7 Å². The van der Waals surface area contributed by atoms with Crippen molar-refractivity contribution in [2.75, 3.05) is 4.90 Å². The van der Waals surface area contributed by atoms with Crippen LogP contribution in [-0.4, -0.2) is 20.8 Å². The van der Waals surface area contributed by atoms with Crippen molar-refractivity contribution >= 4 is 34.8 Å². The fourth-order valence-corrected chi connectivity index (χ4v) is 4.26. The maximum atomic E-state index is 13.5. The summed E-state index contributed by atoms with van der Waals surface area (Å²) in [7, 11) is 1.28. The monoisotopic (exact) mass is 587 g/mol. The molecule has 204 valence electrons. The third-order valence-corrected chi connectivity index (χ3v) is 6.32. The number of carbonyl (C=O) groups is 1. The summed E-state index contributed by atoms with van der Waals surface area (Å²) in [6, 6.07) is 13.6. The number of amides is 1. The number of rotatable bonds is 5. The standard InChI is InChI=1S/C26H17Cl2F6N3O2/c1-36-21(12-23(35-36)26(32,33)34)18-8-7-17(11-22(18)38)37(13-14-2-5-16(27)6-3-14)24(39)15-4-9-19(20(28)10-15)25(29,30)31/h2-12,38H,13H2,1H3. The SMILES string of the molecule is Cn1nc(C(F)(F)F)cc1-c1ccc(N(Cc2ccc(Cl)cc2)C(=O)c2ccc(C(F)(F)F)c(Cl)c2)cc1O. The van der Waals surface area contributed by atoms with Crippen LogP contribution in [0.2, 0.25) is 10.0 Å². The maximum Gasteiger partial charge on any atom is 0.435 e. The summed E-state index contributed by atoms with van der Waals surface area (Å²) >= 11 is 11.7. The van der Waals surface area contributed by atoms with Gasteiger partial charge in [-0.25, -0.2) is 0 Å². The van der Waals surface area contributed by atoms with Gasteiger partial charge >= 0.3 is 12.4 Å². The van der Waals surface area contributed by atoms with Crippen molar-refractivity contribution in [3.05, 3.63) is 99.2 Å². The van der Waals surface area contributed by atoms with Crippen LogP contribution in [0.5, 0.6) is 5.75 Å². The number of phenolic OH excluding ortho intramolecular Hbond substituents is 1. The second-order valence-electron chi connectivity index (χ2n) is 8.45. The molecule has 4 aromatic rings. The van der Waals surface area contributed by atoms with E-state index in [1.54, 1.807) is 24.3 Å². The Bertz CT molecular complexity index is 1530. The van der Waals surface area contributed by atoms with Crippen LogP contribution in [0.3, 0.4) is 0 Å². The number of hydrogen-bond acceptors (Lipinski definition) is 3. The van der Waals surface area contributed by atoms with Gasteiger partial charge < -0.3 is 10.0 Å². The smallest absolute Gasteiger partial charge is 0.435 e. The molecule has 5 nitrogen and oxygen atoms in total. The highest BCUT2D eigenvalue weighted by Crippen LogP contribution is 2.38. The Labute approximate surface area is 227 Å². The number of nitrogens with zero attached hydrogens (tertiary/aromatic N) is 3. The first kappa shape index (κ1) is 28.3. The molecule has 0 fully saturated rings. The zero-order valence-corrected chi connectivity index (χ0v) is 21.3. The summed E-state index contributed by atoms with van der Waals surface area (Å²) in [5.41, 5.74) is -1.73. The molecule has 0 aliphatic carbocycles. The van der Waals surface area contributed by atoms with Gasteiger partial charge in [-0.1, -0.05) is 35.3 Å². The Balaban J connectivity index is 1.76. The average Bonchev–Trinajstić information content (AvgIpc) is 3.24. The summed E-state index contributed by atoms with van der Waals surface area (Å²) < 4.78 is 79.7. The van der Waals surface area contributed by atoms with E-state index < -0.39 is 40.3 Å². The lowest BCUT2D eigenvalue weighted by Crippen LogP contribution is -2.30. The molecule has 39 heavy (non-hydrogen) atoms. The number of phenols is 1. The zero-order chi connectivity index (χ0) is 28.7. The minimum absolute atomic E-state index is 0.0146. The number of anilines is 1. The van der Waals surface area contributed by atoms with Gasteiger partial charge in [-0.15, -0.1) is 0 Å². The fourth-order valence-electron chi connectivity index (χ4n) is 3.85. The first-order valence-electron chi connectivity index (χ1n) is 11.0. The molecule has 0 aliphatic rings. The Morgan fingerprint density at radius 3 is 2.13 bits per heavy atom. The molecule has 0 unspecified atom stereocenters. The molecular formula is C26H17Cl2F6N3O2. The molecule has 0 saturated heterocycles. The third kappa shape index (κ3) is 6.15. The molecule has 1 heterocycles. The van der Waals surface area contributed by atoms with Gasteiger partial charge in [0.25, 0.3) is 5.91 Å². The van der Waals surface area contributed by atoms with E-state index in [0.29, 0.717) is 16.7 Å². The number of carbonyl (C=O) groups excluding carboxylic acids is 1. The van der Waals surface area contributed by atoms with E-state index in [9.17, 15) is 36.2 Å². The minimum Gasteiger partial charge on any atom is -0.507 e. The number of alkyl halides is 6. The van der Waals surface area contributed by atoms with E-state index >= 15 is 0 Å². The second kappa shape index (κ2) is 10.5. The number of hydrogen-bond donors (Lipinski definition) is 1. The summed E-state index contributed by atoms with van der Waals surface area (Å²) in [4.78, 5) is 14.7. The number of aryl methyl sites for hydroxylation is 1. The second-order valence-corrected chi connectivity index (χ2v) is 9.29. The molecule has 0 saturated carbocycles. The van der Waals surface area contributed by atoms with E-state index in [4.69, 9.17) is 23.2 Å². The van der Waals surface area contributed by atoms with Crippen LogP contribution in [0.25, 0.3) is 11.3 Å². The molecule has 0 aliphatic heterocycles. The minimum atomic E-state index is -4.72. The highest BCUT2D eigenvalue weighted by atomic mass is 35.5. The Kier molecular flexibility index (Phi) is 7.59. The predicted molar refractivity (Wildman–Crippen MR) is 134 cm³/mol. The van der Waals surface area contributed by atoms with Gasteiger partial charge in [0.2, 0.25) is 0 Å². The lowest BCUT2D eigenvalue weighted by atomic mass is 10.1. The van der Waals surface area contributed by atoms with Gasteiger partial charge in [-0.05, 0) is 54.1 Å². The number of aromatic hydroxyl groups is 1. The normalized spacial score (nSPS) is 12.0. The summed E-state index contributed by atoms with van der Waals surface area (Å²) in [6.45, 7) is -0.0860. The Morgan fingerprint density at radius 1 is 0.923 bits per heavy atom. The van der Waals surface area contributed by atoms with E-state index in [-0.39, 0.29) is 29.1 Å². The molecule has 13 heteroatoms. The van der Waals surface area contributed by atoms with Gasteiger partial charge in [0.15, 0.2) is 5.69 Å². The van der Waals surface area contributed by atoms with Crippen LogP contribution in [-0.2, 0) is 25.9 Å². The highest BCUT2D eigenvalue weighted by molar-refractivity contribution is 6.32. The Hall–Kier alpha value is -3.70. The molecule has 4 rings (SSSR count). The van der Waals surface area contributed by atoms with Gasteiger partial charge in [0.1, 0.15) is 5.75 Å². The van der Waals surface area contributed by atoms with Crippen molar-refractivity contribution in [2.45, 2.75) is 18.9 Å². The van der Waals surface area contributed by atoms with Crippen molar-refractivity contribution < 1.29 is 36.2 Å². The topological polar surface area (TPSA) is 58.4 Å². The number of halogens is 8. The van der Waals surface area contributed by atoms with Gasteiger partial charge in [0, 0.05) is 35.0 Å². The van der Waals surface area contributed by atoms with Gasteiger partial charge in [-0.3, -0.25) is 9.48 Å². The fraction of sp³-hybridized carbons (Fsp3) is 0.154. The predicted octanol–water partition coefficient (Wildman–Crippen LogP) is 7.98. The van der Waals surface area contributed by atoms with Crippen molar-refractivity contribution in [3.8, 4) is 17.0 Å². The van der Waals surface area contributed by atoms with Crippen molar-refractivity contribution in [1.29, 1.82) is 0 Å². The van der Waals surface area contributed by atoms with Crippen LogP contribution >= 0.6 is 23.2 Å². The first-order chi connectivity index (χ1) is 18.1. The summed E-state index contributed by atoms with van der Waals surface area (Å²) in [5, 5.41) is 13.9. The number of aromatic nitrogens is 2. The molecule has 0 atom stereocenters. The lowest BCUT2D eigenvalue weighted by molar-refractivity contribution is -0.141. The Morgan fingerprint density at radius 2 is 1.59 bits per heavy atom. The molecule has 0 spiro atoms. The summed E-state index contributed by atoms with van der Waals surface area (Å²) in [6.07, 6.45) is -9.42. The average molecular weight is 588 g/mol. The molecule has 0 radical (unpaired) electrons.